The lowest BCUT2D eigenvalue weighted by Gasteiger charge is -2.45. The van der Waals surface area contributed by atoms with Gasteiger partial charge >= 0.3 is 6.03 Å². The van der Waals surface area contributed by atoms with Gasteiger partial charge in [-0.15, -0.1) is 0 Å². The molecule has 0 saturated heterocycles. The first-order chi connectivity index (χ1) is 7.74. The van der Waals surface area contributed by atoms with Gasteiger partial charge < -0.3 is 10.6 Å². The number of nitrogens with one attached hydrogen (secondary N) is 2. The standard InChI is InChI=1S/C14H28N2O/c1-6-7-15-12(17)16-11-8-13(2,3)10-14(4,5)9-11/h11H,6-10H2,1-5H3,(H2,15,16,17). The average molecular weight is 240 g/mol. The molecule has 1 saturated carbocycles. The van der Waals surface area contributed by atoms with Crippen molar-refractivity contribution in [3.05, 3.63) is 0 Å². The number of hydrogen-bond donors (Lipinski definition) is 2. The molecule has 17 heavy (non-hydrogen) atoms. The van der Waals surface area contributed by atoms with Crippen LogP contribution in [0.5, 0.6) is 0 Å². The fraction of sp³-hybridized carbons (Fsp3) is 0.929. The molecule has 2 amide bonds. The Bertz CT molecular complexity index is 255. The predicted molar refractivity (Wildman–Crippen MR) is 72.0 cm³/mol. The lowest BCUT2D eigenvalue weighted by atomic mass is 9.63. The largest absolute Gasteiger partial charge is 0.338 e. The van der Waals surface area contributed by atoms with Crippen LogP contribution in [0.1, 0.15) is 60.3 Å². The zero-order valence-electron chi connectivity index (χ0n) is 12.0. The Morgan fingerprint density at radius 3 is 2.18 bits per heavy atom. The van der Waals surface area contributed by atoms with Crippen molar-refractivity contribution in [2.75, 3.05) is 6.54 Å². The first-order valence-corrected chi connectivity index (χ1v) is 6.78. The second kappa shape index (κ2) is 5.28. The molecule has 1 rings (SSSR count). The maximum atomic E-state index is 11.7. The Labute approximate surface area is 106 Å². The summed E-state index contributed by atoms with van der Waals surface area (Å²) in [5, 5.41) is 6.00. The van der Waals surface area contributed by atoms with E-state index in [-0.39, 0.29) is 6.03 Å². The normalized spacial score (nSPS) is 23.1. The molecule has 0 aromatic heterocycles. The summed E-state index contributed by atoms with van der Waals surface area (Å²) in [6.07, 6.45) is 4.37. The third kappa shape index (κ3) is 4.97. The van der Waals surface area contributed by atoms with Gasteiger partial charge in [-0.1, -0.05) is 34.6 Å². The van der Waals surface area contributed by atoms with Crippen molar-refractivity contribution < 1.29 is 4.79 Å². The highest BCUT2D eigenvalue weighted by atomic mass is 16.2. The van der Waals surface area contributed by atoms with Gasteiger partial charge in [-0.25, -0.2) is 4.79 Å². The number of carbonyl (C=O) groups excluding carboxylic acids is 1. The van der Waals surface area contributed by atoms with Gasteiger partial charge in [-0.05, 0) is 36.5 Å². The molecule has 0 aromatic rings. The van der Waals surface area contributed by atoms with E-state index in [0.29, 0.717) is 16.9 Å². The Kier molecular flexibility index (Phi) is 4.45. The zero-order valence-corrected chi connectivity index (χ0v) is 12.0. The molecule has 0 atom stereocenters. The van der Waals surface area contributed by atoms with Crippen LogP contribution in [-0.2, 0) is 0 Å². The minimum Gasteiger partial charge on any atom is -0.338 e. The molecule has 0 aliphatic heterocycles. The van der Waals surface area contributed by atoms with E-state index in [0.717, 1.165) is 25.8 Å². The molecular weight excluding hydrogens is 212 g/mol. The second-order valence-electron chi connectivity index (χ2n) is 7.01. The number of hydrogen-bond acceptors (Lipinski definition) is 1. The van der Waals surface area contributed by atoms with E-state index in [1.54, 1.807) is 0 Å². The van der Waals surface area contributed by atoms with Gasteiger partial charge in [-0.2, -0.15) is 0 Å². The van der Waals surface area contributed by atoms with Gasteiger partial charge in [0.05, 0.1) is 0 Å². The SMILES string of the molecule is CCCNC(=O)NC1CC(C)(C)CC(C)(C)C1. The van der Waals surface area contributed by atoms with Crippen LogP contribution in [0.2, 0.25) is 0 Å². The molecule has 1 aliphatic carbocycles. The van der Waals surface area contributed by atoms with Crippen LogP contribution in [-0.4, -0.2) is 18.6 Å². The van der Waals surface area contributed by atoms with Crippen molar-refractivity contribution in [2.45, 2.75) is 66.3 Å². The van der Waals surface area contributed by atoms with Crippen LogP contribution in [0.15, 0.2) is 0 Å². The third-order valence-electron chi connectivity index (χ3n) is 3.43. The average Bonchev–Trinajstić information content (AvgIpc) is 2.09. The van der Waals surface area contributed by atoms with E-state index in [1.807, 2.05) is 0 Å². The molecule has 0 bridgehead atoms. The summed E-state index contributed by atoms with van der Waals surface area (Å²) in [4.78, 5) is 11.7. The van der Waals surface area contributed by atoms with Gasteiger partial charge in [0.1, 0.15) is 0 Å². The van der Waals surface area contributed by atoms with Gasteiger partial charge in [0, 0.05) is 12.6 Å². The summed E-state index contributed by atoms with van der Waals surface area (Å²) >= 11 is 0. The van der Waals surface area contributed by atoms with E-state index in [2.05, 4.69) is 45.3 Å². The first-order valence-electron chi connectivity index (χ1n) is 6.78. The molecule has 0 heterocycles. The van der Waals surface area contributed by atoms with Crippen LogP contribution < -0.4 is 10.6 Å². The minimum absolute atomic E-state index is 0.00894. The maximum Gasteiger partial charge on any atom is 0.315 e. The molecule has 2 N–H and O–H groups in total. The van der Waals surface area contributed by atoms with Crippen LogP contribution in [0, 0.1) is 10.8 Å². The Hall–Kier alpha value is -0.730. The molecule has 3 heteroatoms. The molecule has 1 aliphatic rings. The summed E-state index contributed by atoms with van der Waals surface area (Å²) in [6, 6.07) is 0.302. The summed E-state index contributed by atoms with van der Waals surface area (Å²) in [7, 11) is 0. The quantitative estimate of drug-likeness (QED) is 0.781. The second-order valence-corrected chi connectivity index (χ2v) is 7.01. The monoisotopic (exact) mass is 240 g/mol. The molecule has 3 nitrogen and oxygen atoms in total. The summed E-state index contributed by atoms with van der Waals surface area (Å²) in [5.74, 6) is 0. The fourth-order valence-electron chi connectivity index (χ4n) is 3.42. The molecule has 0 aromatic carbocycles. The summed E-state index contributed by atoms with van der Waals surface area (Å²) in [6.45, 7) is 12.0. The lowest BCUT2D eigenvalue weighted by Crippen LogP contribution is -2.49. The minimum atomic E-state index is -0.00894. The van der Waals surface area contributed by atoms with E-state index in [9.17, 15) is 4.79 Å². The van der Waals surface area contributed by atoms with E-state index < -0.39 is 0 Å². The van der Waals surface area contributed by atoms with E-state index in [1.165, 1.54) is 6.42 Å². The third-order valence-corrected chi connectivity index (χ3v) is 3.43. The van der Waals surface area contributed by atoms with Crippen molar-refractivity contribution in [3.8, 4) is 0 Å². The van der Waals surface area contributed by atoms with Crippen LogP contribution in [0.4, 0.5) is 4.79 Å². The van der Waals surface area contributed by atoms with Gasteiger partial charge in [0.25, 0.3) is 0 Å². The van der Waals surface area contributed by atoms with Crippen LogP contribution >= 0.6 is 0 Å². The first kappa shape index (κ1) is 14.3. The van der Waals surface area contributed by atoms with Crippen molar-refractivity contribution in [3.63, 3.8) is 0 Å². The lowest BCUT2D eigenvalue weighted by molar-refractivity contribution is 0.0883. The molecule has 0 unspecified atom stereocenters. The Balaban J connectivity index is 2.51. The predicted octanol–water partition coefficient (Wildman–Crippen LogP) is 3.30. The van der Waals surface area contributed by atoms with Crippen molar-refractivity contribution >= 4 is 6.03 Å². The molecule has 1 fully saturated rings. The molecular formula is C14H28N2O. The fourth-order valence-corrected chi connectivity index (χ4v) is 3.42. The number of rotatable bonds is 3. The highest BCUT2D eigenvalue weighted by molar-refractivity contribution is 5.74. The highest BCUT2D eigenvalue weighted by Gasteiger charge is 2.38. The van der Waals surface area contributed by atoms with E-state index in [4.69, 9.17) is 0 Å². The molecule has 0 spiro atoms. The topological polar surface area (TPSA) is 41.1 Å². The van der Waals surface area contributed by atoms with Gasteiger partial charge in [0.15, 0.2) is 0 Å². The number of carbonyl (C=O) groups is 1. The Morgan fingerprint density at radius 1 is 1.18 bits per heavy atom. The summed E-state index contributed by atoms with van der Waals surface area (Å²) < 4.78 is 0. The summed E-state index contributed by atoms with van der Waals surface area (Å²) in [5.41, 5.74) is 0.648. The smallest absolute Gasteiger partial charge is 0.315 e. The van der Waals surface area contributed by atoms with Crippen LogP contribution in [0.25, 0.3) is 0 Å². The van der Waals surface area contributed by atoms with Crippen molar-refractivity contribution in [1.82, 2.24) is 10.6 Å². The van der Waals surface area contributed by atoms with Gasteiger partial charge in [-0.3, -0.25) is 0 Å². The number of amides is 2. The Morgan fingerprint density at radius 2 is 1.71 bits per heavy atom. The van der Waals surface area contributed by atoms with Crippen LogP contribution in [0.3, 0.4) is 0 Å². The van der Waals surface area contributed by atoms with Crippen molar-refractivity contribution in [2.24, 2.45) is 10.8 Å². The highest BCUT2D eigenvalue weighted by Crippen LogP contribution is 2.45. The molecule has 0 radical (unpaired) electrons. The van der Waals surface area contributed by atoms with Gasteiger partial charge in [0.2, 0.25) is 0 Å². The maximum absolute atomic E-state index is 11.7. The molecule has 100 valence electrons. The van der Waals surface area contributed by atoms with E-state index >= 15 is 0 Å². The zero-order chi connectivity index (χ0) is 13.1. The number of urea groups is 1. The van der Waals surface area contributed by atoms with Crippen molar-refractivity contribution in [1.29, 1.82) is 0 Å².